The van der Waals surface area contributed by atoms with E-state index in [0.29, 0.717) is 17.0 Å². The van der Waals surface area contributed by atoms with Crippen molar-refractivity contribution in [3.05, 3.63) is 29.6 Å². The van der Waals surface area contributed by atoms with Crippen LogP contribution >= 0.6 is 11.8 Å². The lowest BCUT2D eigenvalue weighted by molar-refractivity contribution is -0.113. The van der Waals surface area contributed by atoms with E-state index < -0.39 is 0 Å². The van der Waals surface area contributed by atoms with Gasteiger partial charge in [-0.05, 0) is 24.6 Å². The third kappa shape index (κ3) is 5.22. The molecule has 2 nitrogen and oxygen atoms in total. The van der Waals surface area contributed by atoms with Crippen LogP contribution in [0.25, 0.3) is 0 Å². The summed E-state index contributed by atoms with van der Waals surface area (Å²) in [6.45, 7) is 7.85. The molecular weight excluding hydrogens is 237 g/mol. The van der Waals surface area contributed by atoms with E-state index in [1.54, 1.807) is 30.8 Å². The van der Waals surface area contributed by atoms with Crippen LogP contribution in [0.15, 0.2) is 18.2 Å². The monoisotopic (exact) mass is 255 g/mol. The maximum atomic E-state index is 13.2. The summed E-state index contributed by atoms with van der Waals surface area (Å²) in [7, 11) is 0. The van der Waals surface area contributed by atoms with Gasteiger partial charge in [0.05, 0.1) is 5.75 Å². The number of hydrogen-bond donors (Lipinski definition) is 1. The molecule has 94 valence electrons. The Hall–Kier alpha value is -1.03. The highest BCUT2D eigenvalue weighted by atomic mass is 32.2. The fraction of sp³-hybridized carbons (Fsp3) is 0.462. The first kappa shape index (κ1) is 14.0. The molecule has 1 N–H and O–H groups in total. The van der Waals surface area contributed by atoms with Gasteiger partial charge in [0.15, 0.2) is 0 Å². The van der Waals surface area contributed by atoms with Gasteiger partial charge in [0.1, 0.15) is 5.82 Å². The summed E-state index contributed by atoms with van der Waals surface area (Å²) < 4.78 is 13.3. The number of nitrogens with one attached hydrogen (secondary N) is 1. The highest BCUT2D eigenvalue weighted by Gasteiger charge is 2.13. The summed E-state index contributed by atoms with van der Waals surface area (Å²) in [5.41, 5.74) is 1.08. The smallest absolute Gasteiger partial charge is 0.234 e. The molecule has 0 aliphatic rings. The lowest BCUT2D eigenvalue weighted by Crippen LogP contribution is -2.19. The van der Waals surface area contributed by atoms with Crippen molar-refractivity contribution >= 4 is 23.4 Å². The molecule has 1 rings (SSSR count). The Bertz CT molecular complexity index is 412. The molecule has 0 saturated heterocycles. The van der Waals surface area contributed by atoms with E-state index in [-0.39, 0.29) is 16.5 Å². The summed E-state index contributed by atoms with van der Waals surface area (Å²) in [6, 6.07) is 4.70. The van der Waals surface area contributed by atoms with Gasteiger partial charge in [-0.1, -0.05) is 26.8 Å². The molecule has 1 aromatic rings. The minimum Gasteiger partial charge on any atom is -0.325 e. The summed E-state index contributed by atoms with van der Waals surface area (Å²) in [4.78, 5) is 11.6. The zero-order chi connectivity index (χ0) is 13.1. The first-order chi connectivity index (χ1) is 7.78. The average Bonchev–Trinajstić information content (AvgIpc) is 2.20. The van der Waals surface area contributed by atoms with Crippen LogP contribution in [0.5, 0.6) is 0 Å². The Morgan fingerprint density at radius 1 is 1.41 bits per heavy atom. The van der Waals surface area contributed by atoms with Crippen LogP contribution in [0.1, 0.15) is 26.3 Å². The van der Waals surface area contributed by atoms with Crippen LogP contribution in [-0.4, -0.2) is 16.4 Å². The third-order valence-electron chi connectivity index (χ3n) is 2.09. The SMILES string of the molecule is Cc1ccc(NC(=O)CSC(C)(C)C)cc1F. The van der Waals surface area contributed by atoms with Crippen LogP contribution in [0, 0.1) is 12.7 Å². The van der Waals surface area contributed by atoms with Crippen molar-refractivity contribution in [1.29, 1.82) is 0 Å². The largest absolute Gasteiger partial charge is 0.325 e. The number of anilines is 1. The molecule has 0 heterocycles. The number of thioether (sulfide) groups is 1. The lowest BCUT2D eigenvalue weighted by Gasteiger charge is -2.17. The van der Waals surface area contributed by atoms with Crippen LogP contribution in [-0.2, 0) is 4.79 Å². The Labute approximate surface area is 106 Å². The Kier molecular flexibility index (Phi) is 4.57. The molecule has 0 radical (unpaired) electrons. The first-order valence-electron chi connectivity index (χ1n) is 5.48. The molecule has 0 aliphatic heterocycles. The van der Waals surface area contributed by atoms with Crippen LogP contribution in [0.2, 0.25) is 0 Å². The number of rotatable bonds is 3. The van der Waals surface area contributed by atoms with Gasteiger partial charge in [0.2, 0.25) is 5.91 Å². The number of carbonyl (C=O) groups excluding carboxylic acids is 1. The van der Waals surface area contributed by atoms with Crippen molar-refractivity contribution in [2.45, 2.75) is 32.4 Å². The maximum absolute atomic E-state index is 13.2. The summed E-state index contributed by atoms with van der Waals surface area (Å²) in [6.07, 6.45) is 0. The second-order valence-electron chi connectivity index (χ2n) is 4.91. The Morgan fingerprint density at radius 3 is 2.59 bits per heavy atom. The minimum atomic E-state index is -0.300. The van der Waals surface area contributed by atoms with Gasteiger partial charge in [-0.15, -0.1) is 11.8 Å². The van der Waals surface area contributed by atoms with Gasteiger partial charge in [-0.25, -0.2) is 4.39 Å². The molecule has 0 aliphatic carbocycles. The second-order valence-corrected chi connectivity index (χ2v) is 6.72. The van der Waals surface area contributed by atoms with Crippen LogP contribution in [0.4, 0.5) is 10.1 Å². The quantitative estimate of drug-likeness (QED) is 0.894. The van der Waals surface area contributed by atoms with Gasteiger partial charge >= 0.3 is 0 Å². The van der Waals surface area contributed by atoms with E-state index in [4.69, 9.17) is 0 Å². The standard InChI is InChI=1S/C13H18FNOS/c1-9-5-6-10(7-11(9)14)15-12(16)8-17-13(2,3)4/h5-7H,8H2,1-4H3,(H,15,16). The average molecular weight is 255 g/mol. The van der Waals surface area contributed by atoms with Gasteiger partial charge in [-0.2, -0.15) is 0 Å². The first-order valence-corrected chi connectivity index (χ1v) is 6.46. The lowest BCUT2D eigenvalue weighted by atomic mass is 10.2. The van der Waals surface area contributed by atoms with Crippen molar-refractivity contribution < 1.29 is 9.18 Å². The summed E-state index contributed by atoms with van der Waals surface area (Å²) in [5, 5.41) is 2.68. The minimum absolute atomic E-state index is 0.0515. The van der Waals surface area contributed by atoms with Crippen LogP contribution in [0.3, 0.4) is 0 Å². The Balaban J connectivity index is 2.54. The Morgan fingerprint density at radius 2 is 2.06 bits per heavy atom. The summed E-state index contributed by atoms with van der Waals surface area (Å²) >= 11 is 1.56. The molecule has 0 atom stereocenters. The molecule has 1 aromatic carbocycles. The molecule has 0 bridgehead atoms. The molecule has 0 unspecified atom stereocenters. The van der Waals surface area contributed by atoms with E-state index in [9.17, 15) is 9.18 Å². The fourth-order valence-corrected chi connectivity index (χ4v) is 1.79. The van der Waals surface area contributed by atoms with Crippen molar-refractivity contribution in [3.8, 4) is 0 Å². The molecule has 0 fully saturated rings. The van der Waals surface area contributed by atoms with E-state index >= 15 is 0 Å². The number of benzene rings is 1. The number of amides is 1. The normalized spacial score (nSPS) is 11.4. The number of carbonyl (C=O) groups is 1. The van der Waals surface area contributed by atoms with E-state index in [0.717, 1.165) is 0 Å². The predicted molar refractivity (Wildman–Crippen MR) is 72.0 cm³/mol. The van der Waals surface area contributed by atoms with Gasteiger partial charge in [-0.3, -0.25) is 4.79 Å². The zero-order valence-corrected chi connectivity index (χ0v) is 11.5. The fourth-order valence-electron chi connectivity index (χ4n) is 1.15. The van der Waals surface area contributed by atoms with Gasteiger partial charge < -0.3 is 5.32 Å². The van der Waals surface area contributed by atoms with Gasteiger partial charge in [0.25, 0.3) is 0 Å². The maximum Gasteiger partial charge on any atom is 0.234 e. The molecule has 4 heteroatoms. The van der Waals surface area contributed by atoms with Gasteiger partial charge in [0, 0.05) is 10.4 Å². The highest BCUT2D eigenvalue weighted by Crippen LogP contribution is 2.23. The predicted octanol–water partition coefficient (Wildman–Crippen LogP) is 3.60. The highest BCUT2D eigenvalue weighted by molar-refractivity contribution is 8.01. The molecular formula is C13H18FNOS. The van der Waals surface area contributed by atoms with Crippen LogP contribution < -0.4 is 5.32 Å². The third-order valence-corrected chi connectivity index (χ3v) is 3.36. The van der Waals surface area contributed by atoms with E-state index in [2.05, 4.69) is 26.1 Å². The van der Waals surface area contributed by atoms with E-state index in [1.165, 1.54) is 6.07 Å². The van der Waals surface area contributed by atoms with E-state index in [1.807, 2.05) is 0 Å². The molecule has 0 spiro atoms. The van der Waals surface area contributed by atoms with Crippen molar-refractivity contribution in [3.63, 3.8) is 0 Å². The number of aryl methyl sites for hydroxylation is 1. The zero-order valence-electron chi connectivity index (χ0n) is 10.6. The molecule has 17 heavy (non-hydrogen) atoms. The van der Waals surface area contributed by atoms with Crippen molar-refractivity contribution in [2.75, 3.05) is 11.1 Å². The van der Waals surface area contributed by atoms with Crippen molar-refractivity contribution in [2.24, 2.45) is 0 Å². The number of halogens is 1. The molecule has 0 saturated carbocycles. The molecule has 1 amide bonds. The topological polar surface area (TPSA) is 29.1 Å². The number of hydrogen-bond acceptors (Lipinski definition) is 2. The van der Waals surface area contributed by atoms with Crippen molar-refractivity contribution in [1.82, 2.24) is 0 Å². The second kappa shape index (κ2) is 5.54. The summed E-state index contributed by atoms with van der Waals surface area (Å²) in [5.74, 6) is -0.0293. The molecule has 0 aromatic heterocycles.